The largest absolute Gasteiger partial charge is 0.493 e. The highest BCUT2D eigenvalue weighted by molar-refractivity contribution is 5.79. The van der Waals surface area contributed by atoms with Gasteiger partial charge in [0.2, 0.25) is 0 Å². The maximum Gasteiger partial charge on any atom is 0.162 e. The fourth-order valence-electron chi connectivity index (χ4n) is 3.19. The van der Waals surface area contributed by atoms with E-state index in [2.05, 4.69) is 9.97 Å². The van der Waals surface area contributed by atoms with Gasteiger partial charge in [-0.3, -0.25) is 0 Å². The maximum absolute atomic E-state index is 6.17. The van der Waals surface area contributed by atoms with Crippen molar-refractivity contribution in [3.63, 3.8) is 0 Å². The van der Waals surface area contributed by atoms with Crippen LogP contribution in [0.2, 0.25) is 0 Å². The minimum absolute atomic E-state index is 0.301. The van der Waals surface area contributed by atoms with Crippen LogP contribution in [0.4, 0.5) is 0 Å². The van der Waals surface area contributed by atoms with E-state index in [0.29, 0.717) is 6.10 Å². The number of H-pyrrole nitrogens is 1. The summed E-state index contributed by atoms with van der Waals surface area (Å²) in [5.41, 5.74) is 3.02. The maximum atomic E-state index is 6.17. The molecule has 1 fully saturated rings. The first-order chi connectivity index (χ1) is 11.3. The predicted octanol–water partition coefficient (Wildman–Crippen LogP) is 4.56. The fourth-order valence-corrected chi connectivity index (χ4v) is 3.19. The second-order valence-corrected chi connectivity index (χ2v) is 5.99. The molecule has 0 atom stereocenters. The molecule has 3 aromatic rings. The van der Waals surface area contributed by atoms with Crippen LogP contribution in [-0.2, 0) is 0 Å². The summed E-state index contributed by atoms with van der Waals surface area (Å²) < 4.78 is 11.6. The van der Waals surface area contributed by atoms with Crippen LogP contribution in [0.3, 0.4) is 0 Å². The molecule has 0 aliphatic heterocycles. The summed E-state index contributed by atoms with van der Waals surface area (Å²) in [7, 11) is 1.68. The van der Waals surface area contributed by atoms with Crippen LogP contribution >= 0.6 is 0 Å². The van der Waals surface area contributed by atoms with Gasteiger partial charge in [-0.2, -0.15) is 0 Å². The number of imidazole rings is 1. The molecule has 1 heterocycles. The summed E-state index contributed by atoms with van der Waals surface area (Å²) in [5, 5.41) is 0. The molecule has 4 rings (SSSR count). The second kappa shape index (κ2) is 5.95. The Bertz CT molecular complexity index is 786. The lowest BCUT2D eigenvalue weighted by Gasteiger charge is -2.16. The summed E-state index contributed by atoms with van der Waals surface area (Å²) in [4.78, 5) is 8.02. The molecule has 0 radical (unpaired) electrons. The smallest absolute Gasteiger partial charge is 0.162 e. The molecule has 4 heteroatoms. The molecule has 1 aromatic heterocycles. The quantitative estimate of drug-likeness (QED) is 0.768. The third kappa shape index (κ3) is 2.77. The van der Waals surface area contributed by atoms with Crippen molar-refractivity contribution in [3.8, 4) is 22.9 Å². The summed E-state index contributed by atoms with van der Waals surface area (Å²) in [6, 6.07) is 14.0. The number of hydrogen-bond donors (Lipinski definition) is 1. The minimum Gasteiger partial charge on any atom is -0.493 e. The van der Waals surface area contributed by atoms with E-state index in [1.54, 1.807) is 7.11 Å². The lowest BCUT2D eigenvalue weighted by molar-refractivity contribution is 0.201. The lowest BCUT2D eigenvalue weighted by atomic mass is 10.2. The zero-order chi connectivity index (χ0) is 15.6. The van der Waals surface area contributed by atoms with Crippen LogP contribution in [0.15, 0.2) is 42.5 Å². The van der Waals surface area contributed by atoms with E-state index in [4.69, 9.17) is 9.47 Å². The Morgan fingerprint density at radius 3 is 2.65 bits per heavy atom. The number of fused-ring (bicyclic) bond motifs is 1. The highest BCUT2D eigenvalue weighted by atomic mass is 16.5. The van der Waals surface area contributed by atoms with Crippen molar-refractivity contribution in [3.05, 3.63) is 42.5 Å². The van der Waals surface area contributed by atoms with E-state index in [1.165, 1.54) is 12.8 Å². The average molecular weight is 308 g/mol. The summed E-state index contributed by atoms with van der Waals surface area (Å²) in [6.45, 7) is 0. The number of aromatic nitrogens is 2. The standard InChI is InChI=1S/C19H20N2O2/c1-22-17-11-10-13(12-18(17)23-14-6-2-3-7-14)19-20-15-8-4-5-9-16(15)21-19/h4-5,8-12,14H,2-3,6-7H2,1H3,(H,20,21). The summed E-state index contributed by atoms with van der Waals surface area (Å²) in [6.07, 6.45) is 5.04. The molecule has 4 nitrogen and oxygen atoms in total. The number of nitrogens with one attached hydrogen (secondary N) is 1. The van der Waals surface area contributed by atoms with Gasteiger partial charge >= 0.3 is 0 Å². The van der Waals surface area contributed by atoms with Gasteiger partial charge < -0.3 is 14.5 Å². The molecular formula is C19H20N2O2. The van der Waals surface area contributed by atoms with Gasteiger partial charge in [0.15, 0.2) is 11.5 Å². The number of rotatable bonds is 4. The first kappa shape index (κ1) is 14.1. The zero-order valence-electron chi connectivity index (χ0n) is 13.2. The van der Waals surface area contributed by atoms with Gasteiger partial charge in [0.1, 0.15) is 5.82 Å². The van der Waals surface area contributed by atoms with Gasteiger partial charge in [0, 0.05) is 5.56 Å². The third-order valence-electron chi connectivity index (χ3n) is 4.42. The number of ether oxygens (including phenoxy) is 2. The molecule has 0 unspecified atom stereocenters. The Kier molecular flexibility index (Phi) is 3.66. The topological polar surface area (TPSA) is 47.1 Å². The van der Waals surface area contributed by atoms with Crippen molar-refractivity contribution in [2.75, 3.05) is 7.11 Å². The van der Waals surface area contributed by atoms with Gasteiger partial charge in [-0.25, -0.2) is 4.98 Å². The van der Waals surface area contributed by atoms with E-state index in [0.717, 1.165) is 46.8 Å². The van der Waals surface area contributed by atoms with Crippen LogP contribution < -0.4 is 9.47 Å². The molecule has 0 bridgehead atoms. The first-order valence-corrected chi connectivity index (χ1v) is 8.13. The number of methoxy groups -OCH3 is 1. The van der Waals surface area contributed by atoms with Gasteiger partial charge in [0.05, 0.1) is 24.2 Å². The molecular weight excluding hydrogens is 288 g/mol. The Hall–Kier alpha value is -2.49. The van der Waals surface area contributed by atoms with Crippen molar-refractivity contribution in [2.45, 2.75) is 31.8 Å². The molecule has 1 saturated carbocycles. The van der Waals surface area contributed by atoms with Gasteiger partial charge in [0.25, 0.3) is 0 Å². The van der Waals surface area contributed by atoms with Gasteiger partial charge in [-0.1, -0.05) is 12.1 Å². The van der Waals surface area contributed by atoms with Crippen LogP contribution in [0, 0.1) is 0 Å². The average Bonchev–Trinajstić information content (AvgIpc) is 3.23. The fraction of sp³-hybridized carbons (Fsp3) is 0.316. The SMILES string of the molecule is COc1ccc(-c2nc3ccccc3[nH]2)cc1OC1CCCC1. The number of nitrogens with zero attached hydrogens (tertiary/aromatic N) is 1. The lowest BCUT2D eigenvalue weighted by Crippen LogP contribution is -2.11. The molecule has 1 aliphatic carbocycles. The van der Waals surface area contributed by atoms with E-state index in [1.807, 2.05) is 42.5 Å². The highest BCUT2D eigenvalue weighted by Crippen LogP contribution is 2.35. The van der Waals surface area contributed by atoms with E-state index >= 15 is 0 Å². The monoisotopic (exact) mass is 308 g/mol. The number of aromatic amines is 1. The van der Waals surface area contributed by atoms with Crippen molar-refractivity contribution >= 4 is 11.0 Å². The summed E-state index contributed by atoms with van der Waals surface area (Å²) >= 11 is 0. The first-order valence-electron chi connectivity index (χ1n) is 8.13. The molecule has 1 N–H and O–H groups in total. The van der Waals surface area contributed by atoms with Crippen molar-refractivity contribution in [1.29, 1.82) is 0 Å². The highest BCUT2D eigenvalue weighted by Gasteiger charge is 2.19. The number of para-hydroxylation sites is 2. The molecule has 0 saturated heterocycles. The van der Waals surface area contributed by atoms with Crippen LogP contribution in [0.1, 0.15) is 25.7 Å². The van der Waals surface area contributed by atoms with Crippen LogP contribution in [0.25, 0.3) is 22.4 Å². The molecule has 2 aromatic carbocycles. The molecule has 23 heavy (non-hydrogen) atoms. The van der Waals surface area contributed by atoms with Gasteiger partial charge in [-0.05, 0) is 56.0 Å². The van der Waals surface area contributed by atoms with E-state index in [-0.39, 0.29) is 0 Å². The Morgan fingerprint density at radius 1 is 1.04 bits per heavy atom. The Morgan fingerprint density at radius 2 is 1.87 bits per heavy atom. The Balaban J connectivity index is 1.70. The van der Waals surface area contributed by atoms with Crippen LogP contribution in [-0.4, -0.2) is 23.2 Å². The molecule has 118 valence electrons. The molecule has 0 spiro atoms. The normalized spacial score (nSPS) is 15.2. The third-order valence-corrected chi connectivity index (χ3v) is 4.42. The number of benzene rings is 2. The van der Waals surface area contributed by atoms with E-state index in [9.17, 15) is 0 Å². The molecule has 1 aliphatic rings. The summed E-state index contributed by atoms with van der Waals surface area (Å²) in [5.74, 6) is 2.43. The van der Waals surface area contributed by atoms with Crippen molar-refractivity contribution in [1.82, 2.24) is 9.97 Å². The van der Waals surface area contributed by atoms with Gasteiger partial charge in [-0.15, -0.1) is 0 Å². The number of hydrogen-bond acceptors (Lipinski definition) is 3. The van der Waals surface area contributed by atoms with Crippen molar-refractivity contribution in [2.24, 2.45) is 0 Å². The van der Waals surface area contributed by atoms with E-state index < -0.39 is 0 Å². The second-order valence-electron chi connectivity index (χ2n) is 5.99. The predicted molar refractivity (Wildman–Crippen MR) is 91.0 cm³/mol. The van der Waals surface area contributed by atoms with Crippen LogP contribution in [0.5, 0.6) is 11.5 Å². The zero-order valence-corrected chi connectivity index (χ0v) is 13.2. The Labute approximate surface area is 135 Å². The van der Waals surface area contributed by atoms with Crippen molar-refractivity contribution < 1.29 is 9.47 Å². The minimum atomic E-state index is 0.301. The molecule has 0 amide bonds.